The molecule has 96 valence electrons. The Balaban J connectivity index is 2.00. The highest BCUT2D eigenvalue weighted by Crippen LogP contribution is 2.15. The van der Waals surface area contributed by atoms with E-state index in [9.17, 15) is 0 Å². The monoisotopic (exact) mass is 296 g/mol. The summed E-state index contributed by atoms with van der Waals surface area (Å²) in [5, 5.41) is 0. The Morgan fingerprint density at radius 2 is 0.500 bits per heavy atom. The number of hydrogen-bond donors (Lipinski definition) is 0. The highest BCUT2D eigenvalue weighted by Gasteiger charge is 1.96. The number of rotatable bonds is 0. The molecule has 0 aromatic rings. The molecule has 0 aliphatic carbocycles. The van der Waals surface area contributed by atoms with E-state index in [1.807, 2.05) is 0 Å². The van der Waals surface area contributed by atoms with E-state index in [1.54, 1.807) is 0 Å². The normalized spacial score (nSPS) is 24.0. The van der Waals surface area contributed by atoms with Gasteiger partial charge >= 0.3 is 0 Å². The lowest BCUT2D eigenvalue weighted by Crippen LogP contribution is -1.94. The summed E-state index contributed by atoms with van der Waals surface area (Å²) >= 11 is 8.63. The third kappa shape index (κ3) is 10.5. The zero-order valence-electron chi connectivity index (χ0n) is 10.1. The Hall–Kier alpha value is 1.40. The molecular formula is C12H24S4. The average Bonchev–Trinajstić information content (AvgIpc) is 2.29. The quantitative estimate of drug-likeness (QED) is 0.645. The molecule has 1 fully saturated rings. The summed E-state index contributed by atoms with van der Waals surface area (Å²) in [6.45, 7) is 0. The first-order chi connectivity index (χ1) is 8.00. The van der Waals surface area contributed by atoms with Crippen LogP contribution in [0.2, 0.25) is 0 Å². The average molecular weight is 297 g/mol. The maximum Gasteiger partial charge on any atom is -0.00597 e. The summed E-state index contributed by atoms with van der Waals surface area (Å²) < 4.78 is 0. The summed E-state index contributed by atoms with van der Waals surface area (Å²) in [7, 11) is 0. The topological polar surface area (TPSA) is 0 Å². The van der Waals surface area contributed by atoms with Gasteiger partial charge in [0.1, 0.15) is 0 Å². The highest BCUT2D eigenvalue weighted by atomic mass is 32.2. The van der Waals surface area contributed by atoms with E-state index in [0.717, 1.165) is 0 Å². The van der Waals surface area contributed by atoms with Gasteiger partial charge < -0.3 is 0 Å². The van der Waals surface area contributed by atoms with Crippen LogP contribution in [0.25, 0.3) is 0 Å². The molecule has 0 amide bonds. The molecule has 1 rings (SSSR count). The van der Waals surface area contributed by atoms with Gasteiger partial charge in [-0.3, -0.25) is 0 Å². The van der Waals surface area contributed by atoms with Gasteiger partial charge in [-0.2, -0.15) is 47.0 Å². The summed E-state index contributed by atoms with van der Waals surface area (Å²) in [4.78, 5) is 0. The van der Waals surface area contributed by atoms with Crippen molar-refractivity contribution in [3.8, 4) is 0 Å². The molecule has 16 heavy (non-hydrogen) atoms. The standard InChI is InChI=1S/C12H24S4/c1-5-13-7-2-9-15-11-4-12-16-10-3-8-14-6-1/h1-12H2. The van der Waals surface area contributed by atoms with Gasteiger partial charge in [-0.25, -0.2) is 0 Å². The van der Waals surface area contributed by atoms with Gasteiger partial charge in [-0.1, -0.05) is 0 Å². The molecule has 0 unspecified atom stereocenters. The van der Waals surface area contributed by atoms with Crippen LogP contribution in [0.4, 0.5) is 0 Å². The van der Waals surface area contributed by atoms with Gasteiger partial charge in [-0.15, -0.1) is 0 Å². The van der Waals surface area contributed by atoms with E-state index in [1.165, 1.54) is 71.7 Å². The van der Waals surface area contributed by atoms with Crippen molar-refractivity contribution in [3.05, 3.63) is 0 Å². The lowest BCUT2D eigenvalue weighted by atomic mass is 10.6. The third-order valence-electron chi connectivity index (χ3n) is 2.31. The molecule has 0 radical (unpaired) electrons. The minimum absolute atomic E-state index is 1.38. The van der Waals surface area contributed by atoms with Crippen molar-refractivity contribution in [1.29, 1.82) is 0 Å². The maximum absolute atomic E-state index is 2.16. The van der Waals surface area contributed by atoms with Crippen LogP contribution in [0, 0.1) is 0 Å². The van der Waals surface area contributed by atoms with Gasteiger partial charge in [-0.05, 0) is 71.7 Å². The molecule has 0 bridgehead atoms. The molecule has 1 aliphatic rings. The molecule has 0 nitrogen and oxygen atoms in total. The SMILES string of the molecule is C1CSCCCSCCCSCCCSC1. The predicted molar refractivity (Wildman–Crippen MR) is 87.8 cm³/mol. The Morgan fingerprint density at radius 3 is 0.688 bits per heavy atom. The minimum Gasteiger partial charge on any atom is -0.162 e. The van der Waals surface area contributed by atoms with Gasteiger partial charge in [0.25, 0.3) is 0 Å². The summed E-state index contributed by atoms with van der Waals surface area (Å²) in [5.74, 6) is 11.1. The molecule has 0 aromatic heterocycles. The van der Waals surface area contributed by atoms with Crippen molar-refractivity contribution in [2.24, 2.45) is 0 Å². The molecule has 1 heterocycles. The van der Waals surface area contributed by atoms with Crippen LogP contribution in [0.15, 0.2) is 0 Å². The molecule has 1 saturated heterocycles. The van der Waals surface area contributed by atoms with Crippen LogP contribution >= 0.6 is 47.0 Å². The van der Waals surface area contributed by atoms with Crippen LogP contribution < -0.4 is 0 Å². The van der Waals surface area contributed by atoms with Crippen LogP contribution in [-0.4, -0.2) is 46.0 Å². The second-order valence-corrected chi connectivity index (χ2v) is 8.76. The first-order valence-corrected chi connectivity index (χ1v) is 10.9. The molecular weight excluding hydrogens is 272 g/mol. The summed E-state index contributed by atoms with van der Waals surface area (Å²) in [5.41, 5.74) is 0. The van der Waals surface area contributed by atoms with Crippen molar-refractivity contribution in [1.82, 2.24) is 0 Å². The van der Waals surface area contributed by atoms with Crippen LogP contribution in [-0.2, 0) is 0 Å². The van der Waals surface area contributed by atoms with Crippen LogP contribution in [0.5, 0.6) is 0 Å². The zero-order chi connectivity index (χ0) is 11.3. The highest BCUT2D eigenvalue weighted by molar-refractivity contribution is 8.01. The molecule has 0 saturated carbocycles. The largest absolute Gasteiger partial charge is 0.162 e. The molecule has 0 atom stereocenters. The molecule has 0 N–H and O–H groups in total. The van der Waals surface area contributed by atoms with Crippen molar-refractivity contribution in [2.75, 3.05) is 46.0 Å². The summed E-state index contributed by atoms with van der Waals surface area (Å²) in [6.07, 6.45) is 5.65. The van der Waals surface area contributed by atoms with E-state index in [-0.39, 0.29) is 0 Å². The molecule has 4 heteroatoms. The van der Waals surface area contributed by atoms with E-state index in [0.29, 0.717) is 0 Å². The van der Waals surface area contributed by atoms with E-state index in [4.69, 9.17) is 0 Å². The number of hydrogen-bond acceptors (Lipinski definition) is 4. The van der Waals surface area contributed by atoms with Gasteiger partial charge in [0.15, 0.2) is 0 Å². The second-order valence-electron chi connectivity index (χ2n) is 3.86. The third-order valence-corrected chi connectivity index (χ3v) is 6.93. The van der Waals surface area contributed by atoms with Crippen molar-refractivity contribution >= 4 is 47.0 Å². The Kier molecular flexibility index (Phi) is 12.4. The Labute approximate surface area is 118 Å². The Morgan fingerprint density at radius 1 is 0.312 bits per heavy atom. The fraction of sp³-hybridized carbons (Fsp3) is 1.00. The van der Waals surface area contributed by atoms with Gasteiger partial charge in [0.2, 0.25) is 0 Å². The van der Waals surface area contributed by atoms with Crippen LogP contribution in [0.3, 0.4) is 0 Å². The minimum atomic E-state index is 1.38. The smallest absolute Gasteiger partial charge is 0.00597 e. The van der Waals surface area contributed by atoms with Crippen molar-refractivity contribution in [2.45, 2.75) is 25.7 Å². The first kappa shape index (κ1) is 15.5. The van der Waals surface area contributed by atoms with Crippen LogP contribution in [0.1, 0.15) is 25.7 Å². The fourth-order valence-electron chi connectivity index (χ4n) is 1.46. The fourth-order valence-corrected chi connectivity index (χ4v) is 5.80. The Bertz CT molecular complexity index is 77.0. The molecule has 0 aromatic carbocycles. The van der Waals surface area contributed by atoms with Crippen molar-refractivity contribution < 1.29 is 0 Å². The van der Waals surface area contributed by atoms with Crippen molar-refractivity contribution in [3.63, 3.8) is 0 Å². The summed E-state index contributed by atoms with van der Waals surface area (Å²) in [6, 6.07) is 0. The lowest BCUT2D eigenvalue weighted by Gasteiger charge is -2.05. The lowest BCUT2D eigenvalue weighted by molar-refractivity contribution is 1.06. The predicted octanol–water partition coefficient (Wildman–Crippen LogP) is 4.49. The maximum atomic E-state index is 2.16. The zero-order valence-corrected chi connectivity index (χ0v) is 13.4. The number of thioether (sulfide) groups is 4. The van der Waals surface area contributed by atoms with Gasteiger partial charge in [0, 0.05) is 0 Å². The second kappa shape index (κ2) is 12.8. The molecule has 0 spiro atoms. The first-order valence-electron chi connectivity index (χ1n) is 6.31. The van der Waals surface area contributed by atoms with E-state index >= 15 is 0 Å². The van der Waals surface area contributed by atoms with E-state index < -0.39 is 0 Å². The van der Waals surface area contributed by atoms with Gasteiger partial charge in [0.05, 0.1) is 0 Å². The van der Waals surface area contributed by atoms with E-state index in [2.05, 4.69) is 47.0 Å². The molecule has 1 aliphatic heterocycles.